The number of nitrogens with zero attached hydrogens (tertiary/aromatic N) is 1. The van der Waals surface area contributed by atoms with Gasteiger partial charge in [0.05, 0.1) is 38.6 Å². The summed E-state index contributed by atoms with van der Waals surface area (Å²) in [6.07, 6.45) is -13.1. The van der Waals surface area contributed by atoms with Gasteiger partial charge < -0.3 is 63.5 Å². The highest BCUT2D eigenvalue weighted by Gasteiger charge is 2.51. The van der Waals surface area contributed by atoms with E-state index in [1.807, 2.05) is 0 Å². The summed E-state index contributed by atoms with van der Waals surface area (Å²) in [7, 11) is 2.91. The minimum atomic E-state index is -1.69. The van der Waals surface area contributed by atoms with Crippen molar-refractivity contribution in [2.45, 2.75) is 68.3 Å². The molecule has 0 radical (unpaired) electrons. The van der Waals surface area contributed by atoms with E-state index in [0.717, 1.165) is 0 Å². The lowest BCUT2D eigenvalue weighted by molar-refractivity contribution is -0.349. The molecule has 14 heteroatoms. The topological polar surface area (TPSA) is 203 Å². The molecule has 39 heavy (non-hydrogen) atoms. The van der Waals surface area contributed by atoms with Gasteiger partial charge in [-0.3, -0.25) is 0 Å². The number of furan rings is 1. The summed E-state index contributed by atoms with van der Waals surface area (Å²) in [5.41, 5.74) is 0.639. The Hall–Kier alpha value is -2.79. The van der Waals surface area contributed by atoms with Crippen LogP contribution in [0, 0.1) is 0 Å². The van der Waals surface area contributed by atoms with E-state index < -0.39 is 68.0 Å². The Morgan fingerprint density at radius 2 is 1.56 bits per heavy atom. The molecule has 0 spiro atoms. The summed E-state index contributed by atoms with van der Waals surface area (Å²) in [5.74, 6) is 0.774. The van der Waals surface area contributed by atoms with Gasteiger partial charge in [0.25, 0.3) is 0 Å². The van der Waals surface area contributed by atoms with E-state index in [4.69, 9.17) is 32.8 Å². The van der Waals surface area contributed by atoms with Crippen LogP contribution in [0.4, 0.5) is 0 Å². The van der Waals surface area contributed by atoms with Crippen molar-refractivity contribution in [3.8, 4) is 17.2 Å². The number of ether oxygens (including phenoxy) is 6. The lowest BCUT2D eigenvalue weighted by Crippen LogP contribution is -2.64. The summed E-state index contributed by atoms with van der Waals surface area (Å²) >= 11 is 0. The fourth-order valence-electron chi connectivity index (χ4n) is 4.88. The predicted octanol–water partition coefficient (Wildman–Crippen LogP) is -0.971. The molecule has 6 N–H and O–H groups in total. The minimum Gasteiger partial charge on any atom is -0.495 e. The minimum absolute atomic E-state index is 0.0995. The molecule has 214 valence electrons. The molecule has 10 unspecified atom stereocenters. The average Bonchev–Trinajstić information content (AvgIpc) is 3.40. The van der Waals surface area contributed by atoms with E-state index in [0.29, 0.717) is 27.8 Å². The fraction of sp³-hybridized carbons (Fsp3) is 0.560. The number of aromatic nitrogens is 1. The Morgan fingerprint density at radius 1 is 0.821 bits per heavy atom. The summed E-state index contributed by atoms with van der Waals surface area (Å²) in [4.78, 5) is 4.51. The van der Waals surface area contributed by atoms with E-state index in [2.05, 4.69) is 4.98 Å². The van der Waals surface area contributed by atoms with Crippen LogP contribution in [0.5, 0.6) is 17.2 Å². The molecule has 0 aliphatic carbocycles. The van der Waals surface area contributed by atoms with E-state index in [1.165, 1.54) is 27.4 Å². The SMILES string of the molecule is COc1c2ccoc2nc2c(OC)c(OC3OC(CO)C(O)C(OC4OC(C)C(O)C(O)C4O)C3O)ccc12. The van der Waals surface area contributed by atoms with Gasteiger partial charge in [-0.05, 0) is 25.1 Å². The lowest BCUT2D eigenvalue weighted by Gasteiger charge is -2.45. The van der Waals surface area contributed by atoms with Gasteiger partial charge in [-0.2, -0.15) is 0 Å². The van der Waals surface area contributed by atoms with Crippen LogP contribution in [0.15, 0.2) is 28.9 Å². The fourth-order valence-corrected chi connectivity index (χ4v) is 4.88. The average molecular weight is 554 g/mol. The van der Waals surface area contributed by atoms with Gasteiger partial charge in [-0.15, -0.1) is 0 Å². The van der Waals surface area contributed by atoms with Crippen LogP contribution < -0.4 is 14.2 Å². The maximum absolute atomic E-state index is 11.1. The summed E-state index contributed by atoms with van der Waals surface area (Å²) in [5, 5.41) is 63.3. The van der Waals surface area contributed by atoms with E-state index in [-0.39, 0.29) is 11.5 Å². The first kappa shape index (κ1) is 27.8. The Morgan fingerprint density at radius 3 is 2.26 bits per heavy atom. The molecule has 3 aromatic rings. The van der Waals surface area contributed by atoms with Crippen LogP contribution in [0.3, 0.4) is 0 Å². The molecule has 4 heterocycles. The molecular formula is C25H31NO13. The van der Waals surface area contributed by atoms with Gasteiger partial charge in [0, 0.05) is 5.39 Å². The summed E-state index contributed by atoms with van der Waals surface area (Å²) < 4.78 is 39.3. The number of aliphatic hydroxyl groups excluding tert-OH is 6. The van der Waals surface area contributed by atoms with Gasteiger partial charge in [0.15, 0.2) is 17.8 Å². The molecule has 2 aliphatic rings. The number of aliphatic hydroxyl groups is 6. The highest BCUT2D eigenvalue weighted by Crippen LogP contribution is 2.42. The summed E-state index contributed by atoms with van der Waals surface area (Å²) in [6.45, 7) is 0.796. The van der Waals surface area contributed by atoms with Gasteiger partial charge in [-0.25, -0.2) is 4.98 Å². The zero-order valence-corrected chi connectivity index (χ0v) is 21.3. The standard InChI is InChI=1S/C25H31NO13/c1-9-15(28)17(30)18(31)24(36-9)39-22-16(29)13(8-27)38-25(19(22)32)37-12-5-4-10-14(21(12)34-3)26-23-11(6-7-35-23)20(10)33-2/h4-7,9,13,15-19,22,24-25,27-32H,8H2,1-3H3. The number of fused-ring (bicyclic) bond motifs is 2. The van der Waals surface area contributed by atoms with Crippen LogP contribution in [-0.2, 0) is 14.2 Å². The molecule has 0 saturated carbocycles. The van der Waals surface area contributed by atoms with Crippen LogP contribution in [-0.4, -0.2) is 118 Å². The Labute approximate surface area is 221 Å². The molecule has 1 aromatic carbocycles. The Kier molecular flexibility index (Phi) is 7.83. The van der Waals surface area contributed by atoms with Crippen molar-refractivity contribution in [2.24, 2.45) is 0 Å². The third-order valence-electron chi connectivity index (χ3n) is 7.02. The molecule has 5 rings (SSSR count). The van der Waals surface area contributed by atoms with E-state index >= 15 is 0 Å². The lowest BCUT2D eigenvalue weighted by atomic mass is 9.97. The number of benzene rings is 1. The second kappa shape index (κ2) is 11.0. The first-order valence-electron chi connectivity index (χ1n) is 12.3. The molecule has 10 atom stereocenters. The van der Waals surface area contributed by atoms with Crippen molar-refractivity contribution in [1.82, 2.24) is 4.98 Å². The van der Waals surface area contributed by atoms with Crippen molar-refractivity contribution in [3.05, 3.63) is 24.5 Å². The second-order valence-corrected chi connectivity index (χ2v) is 9.38. The second-order valence-electron chi connectivity index (χ2n) is 9.38. The maximum atomic E-state index is 11.1. The van der Waals surface area contributed by atoms with Crippen molar-refractivity contribution in [3.63, 3.8) is 0 Å². The highest BCUT2D eigenvalue weighted by atomic mass is 16.7. The zero-order valence-electron chi connectivity index (χ0n) is 21.3. The van der Waals surface area contributed by atoms with E-state index in [1.54, 1.807) is 18.2 Å². The van der Waals surface area contributed by atoms with Crippen molar-refractivity contribution in [1.29, 1.82) is 0 Å². The van der Waals surface area contributed by atoms with Gasteiger partial charge >= 0.3 is 0 Å². The van der Waals surface area contributed by atoms with Crippen LogP contribution in [0.1, 0.15) is 6.92 Å². The molecule has 2 aliphatic heterocycles. The van der Waals surface area contributed by atoms with Crippen molar-refractivity contribution >= 4 is 22.0 Å². The molecule has 2 saturated heterocycles. The first-order valence-corrected chi connectivity index (χ1v) is 12.3. The quantitative estimate of drug-likeness (QED) is 0.208. The molecule has 0 amide bonds. The highest BCUT2D eigenvalue weighted by molar-refractivity contribution is 6.02. The van der Waals surface area contributed by atoms with Gasteiger partial charge in [0.2, 0.25) is 12.0 Å². The largest absolute Gasteiger partial charge is 0.495 e. The molecular weight excluding hydrogens is 522 g/mol. The third kappa shape index (κ3) is 4.77. The van der Waals surface area contributed by atoms with Crippen LogP contribution in [0.2, 0.25) is 0 Å². The number of methoxy groups -OCH3 is 2. The number of rotatable bonds is 7. The Bertz CT molecular complexity index is 1300. The van der Waals surface area contributed by atoms with E-state index in [9.17, 15) is 30.6 Å². The number of pyridine rings is 1. The molecule has 2 aromatic heterocycles. The smallest absolute Gasteiger partial charge is 0.230 e. The van der Waals surface area contributed by atoms with Gasteiger partial charge in [-0.1, -0.05) is 0 Å². The first-order chi connectivity index (χ1) is 18.7. The third-order valence-corrected chi connectivity index (χ3v) is 7.02. The number of hydrogen-bond donors (Lipinski definition) is 6. The van der Waals surface area contributed by atoms with Gasteiger partial charge in [0.1, 0.15) is 54.0 Å². The van der Waals surface area contributed by atoms with Crippen molar-refractivity contribution in [2.75, 3.05) is 20.8 Å². The number of hydrogen-bond acceptors (Lipinski definition) is 14. The molecule has 14 nitrogen and oxygen atoms in total. The van der Waals surface area contributed by atoms with Crippen molar-refractivity contribution < 1.29 is 63.5 Å². The normalized spacial score (nSPS) is 35.3. The zero-order chi connectivity index (χ0) is 28.0. The Balaban J connectivity index is 1.45. The molecule has 2 fully saturated rings. The van der Waals surface area contributed by atoms with Crippen LogP contribution in [0.25, 0.3) is 22.0 Å². The summed E-state index contributed by atoms with van der Waals surface area (Å²) in [6, 6.07) is 4.95. The van der Waals surface area contributed by atoms with Crippen LogP contribution >= 0.6 is 0 Å². The predicted molar refractivity (Wildman–Crippen MR) is 130 cm³/mol. The molecule has 0 bridgehead atoms. The monoisotopic (exact) mass is 553 g/mol. The maximum Gasteiger partial charge on any atom is 0.230 e.